The molecule has 1 atom stereocenters. The lowest BCUT2D eigenvalue weighted by Gasteiger charge is -2.33. The van der Waals surface area contributed by atoms with Crippen molar-refractivity contribution >= 4 is 86.8 Å². The Kier molecular flexibility index (Phi) is 12.7. The van der Waals surface area contributed by atoms with Crippen LogP contribution in [0.25, 0.3) is 6.08 Å². The fourth-order valence-corrected chi connectivity index (χ4v) is 8.19. The van der Waals surface area contributed by atoms with E-state index in [0.717, 1.165) is 34.6 Å². The molecule has 1 aromatic heterocycles. The van der Waals surface area contributed by atoms with Crippen LogP contribution in [0.3, 0.4) is 0 Å². The molecular weight excluding hydrogens is 725 g/mol. The molecule has 0 spiro atoms. The monoisotopic (exact) mass is 763 g/mol. The van der Waals surface area contributed by atoms with Gasteiger partial charge in [0.2, 0.25) is 5.91 Å². The number of thiophene rings is 1. The van der Waals surface area contributed by atoms with Gasteiger partial charge in [-0.2, -0.15) is 0 Å². The third-order valence-electron chi connectivity index (χ3n) is 8.49. The number of carbonyl (C=O) groups excluding carboxylic acids is 4. The number of ether oxygens (including phenoxy) is 1. The van der Waals surface area contributed by atoms with Crippen molar-refractivity contribution < 1.29 is 23.9 Å². The maximum absolute atomic E-state index is 13.6. The molecule has 5 rings (SSSR count). The predicted molar refractivity (Wildman–Crippen MR) is 208 cm³/mol. The number of carbonyl (C=O) groups is 4. The lowest BCUT2D eigenvalue weighted by atomic mass is 9.72. The Morgan fingerprint density at radius 3 is 2.45 bits per heavy atom. The van der Waals surface area contributed by atoms with Gasteiger partial charge in [0.1, 0.15) is 10.7 Å². The van der Waals surface area contributed by atoms with Crippen LogP contribution in [0.5, 0.6) is 0 Å². The van der Waals surface area contributed by atoms with Crippen LogP contribution in [0.15, 0.2) is 83.4 Å². The number of anilines is 2. The zero-order valence-corrected chi connectivity index (χ0v) is 31.9. The van der Waals surface area contributed by atoms with Crippen LogP contribution >= 0.6 is 46.3 Å². The van der Waals surface area contributed by atoms with Crippen molar-refractivity contribution in [1.82, 2.24) is 5.32 Å². The van der Waals surface area contributed by atoms with E-state index in [9.17, 15) is 19.2 Å². The van der Waals surface area contributed by atoms with Crippen LogP contribution in [0.2, 0.25) is 10.0 Å². The number of nitrogens with one attached hydrogen (secondary N) is 3. The minimum absolute atomic E-state index is 0.0460. The van der Waals surface area contributed by atoms with Crippen molar-refractivity contribution in [2.75, 3.05) is 23.0 Å². The Balaban J connectivity index is 1.29. The molecule has 8 nitrogen and oxygen atoms in total. The smallest absolute Gasteiger partial charge is 0.341 e. The second-order valence-electron chi connectivity index (χ2n) is 13.1. The van der Waals surface area contributed by atoms with Crippen LogP contribution in [-0.4, -0.2) is 36.1 Å². The van der Waals surface area contributed by atoms with Gasteiger partial charge in [-0.05, 0) is 91.1 Å². The van der Waals surface area contributed by atoms with Gasteiger partial charge in [0.05, 0.1) is 28.0 Å². The average molecular weight is 765 g/mol. The molecule has 1 aliphatic carbocycles. The Hall–Kier alpha value is -4.09. The molecule has 3 amide bonds. The Morgan fingerprint density at radius 1 is 0.980 bits per heavy atom. The lowest BCUT2D eigenvalue weighted by Crippen LogP contribution is -2.30. The highest BCUT2D eigenvalue weighted by molar-refractivity contribution is 8.00. The van der Waals surface area contributed by atoms with E-state index < -0.39 is 17.8 Å². The SMILES string of the molecule is CCOC(=O)c1c(NC(=O)CSc2cccc(NC(=O)/C(=C\c3cccc(Cl)c3Cl)NC(=O)c3ccccc3)c2)sc2c1CCC(C(C)(C)C)C2. The molecule has 0 saturated carbocycles. The van der Waals surface area contributed by atoms with Gasteiger partial charge < -0.3 is 20.7 Å². The number of thioether (sulfide) groups is 1. The molecule has 3 N–H and O–H groups in total. The molecule has 3 aromatic carbocycles. The van der Waals surface area contributed by atoms with E-state index >= 15 is 0 Å². The Labute approximate surface area is 316 Å². The van der Waals surface area contributed by atoms with Gasteiger partial charge in [-0.3, -0.25) is 14.4 Å². The average Bonchev–Trinajstić information content (AvgIpc) is 3.46. The molecule has 51 heavy (non-hydrogen) atoms. The van der Waals surface area contributed by atoms with Crippen LogP contribution < -0.4 is 16.0 Å². The molecule has 4 aromatic rings. The van der Waals surface area contributed by atoms with Gasteiger partial charge in [0.25, 0.3) is 11.8 Å². The molecule has 0 fully saturated rings. The van der Waals surface area contributed by atoms with Crippen LogP contribution in [0.1, 0.15) is 70.8 Å². The Bertz CT molecular complexity index is 1970. The number of rotatable bonds is 11. The predicted octanol–water partition coefficient (Wildman–Crippen LogP) is 9.52. The third-order valence-corrected chi connectivity index (χ3v) is 11.5. The number of hydrogen-bond acceptors (Lipinski definition) is 7. The van der Waals surface area contributed by atoms with E-state index in [-0.39, 0.29) is 34.4 Å². The third kappa shape index (κ3) is 9.83. The highest BCUT2D eigenvalue weighted by Crippen LogP contribution is 2.44. The highest BCUT2D eigenvalue weighted by Gasteiger charge is 2.34. The fraction of sp³-hybridized carbons (Fsp3) is 0.282. The summed E-state index contributed by atoms with van der Waals surface area (Å²) in [4.78, 5) is 54.7. The molecule has 0 saturated heterocycles. The summed E-state index contributed by atoms with van der Waals surface area (Å²) in [6, 6.07) is 20.6. The van der Waals surface area contributed by atoms with E-state index in [1.54, 1.807) is 73.7 Å². The molecule has 0 aliphatic heterocycles. The van der Waals surface area contributed by atoms with Crippen molar-refractivity contribution in [3.05, 3.63) is 116 Å². The summed E-state index contributed by atoms with van der Waals surface area (Å²) < 4.78 is 5.38. The van der Waals surface area contributed by atoms with Gasteiger partial charge in [-0.15, -0.1) is 23.1 Å². The number of esters is 1. The fourth-order valence-electron chi connectivity index (χ4n) is 5.74. The van der Waals surface area contributed by atoms with E-state index in [1.807, 2.05) is 6.07 Å². The number of halogens is 2. The minimum atomic E-state index is -0.586. The number of fused-ring (bicyclic) bond motifs is 1. The molecular formula is C39H39Cl2N3O5S2. The molecule has 1 heterocycles. The first-order valence-electron chi connectivity index (χ1n) is 16.5. The normalized spacial score (nSPS) is 14.3. The van der Waals surface area contributed by atoms with Crippen molar-refractivity contribution in [3.8, 4) is 0 Å². The maximum atomic E-state index is 13.6. The van der Waals surface area contributed by atoms with Crippen molar-refractivity contribution in [2.24, 2.45) is 11.3 Å². The van der Waals surface area contributed by atoms with Gasteiger partial charge in [0.15, 0.2) is 0 Å². The maximum Gasteiger partial charge on any atom is 0.341 e. The summed E-state index contributed by atoms with van der Waals surface area (Å²) in [5, 5.41) is 9.57. The summed E-state index contributed by atoms with van der Waals surface area (Å²) in [6.45, 7) is 8.72. The first kappa shape index (κ1) is 38.1. The van der Waals surface area contributed by atoms with Crippen molar-refractivity contribution in [1.29, 1.82) is 0 Å². The van der Waals surface area contributed by atoms with Gasteiger partial charge in [0, 0.05) is 21.0 Å². The first-order chi connectivity index (χ1) is 24.3. The van der Waals surface area contributed by atoms with E-state index in [1.165, 1.54) is 29.2 Å². The molecule has 0 radical (unpaired) electrons. The molecule has 12 heteroatoms. The summed E-state index contributed by atoms with van der Waals surface area (Å²) in [7, 11) is 0. The zero-order valence-electron chi connectivity index (χ0n) is 28.7. The summed E-state index contributed by atoms with van der Waals surface area (Å²) in [5.74, 6) is -1.20. The van der Waals surface area contributed by atoms with Gasteiger partial charge >= 0.3 is 5.97 Å². The summed E-state index contributed by atoms with van der Waals surface area (Å²) in [5.41, 5.74) is 2.81. The summed E-state index contributed by atoms with van der Waals surface area (Å²) in [6.07, 6.45) is 4.06. The first-order valence-corrected chi connectivity index (χ1v) is 19.1. The second kappa shape index (κ2) is 17.0. The molecule has 266 valence electrons. The van der Waals surface area contributed by atoms with Crippen LogP contribution in [0.4, 0.5) is 10.7 Å². The second-order valence-corrected chi connectivity index (χ2v) is 16.0. The number of amides is 3. The summed E-state index contributed by atoms with van der Waals surface area (Å²) >= 11 is 15.3. The van der Waals surface area contributed by atoms with Gasteiger partial charge in [-0.25, -0.2) is 4.79 Å². The number of hydrogen-bond donors (Lipinski definition) is 3. The van der Waals surface area contributed by atoms with Crippen molar-refractivity contribution in [3.63, 3.8) is 0 Å². The largest absolute Gasteiger partial charge is 0.462 e. The zero-order chi connectivity index (χ0) is 36.7. The van der Waals surface area contributed by atoms with Crippen LogP contribution in [-0.2, 0) is 27.2 Å². The van der Waals surface area contributed by atoms with E-state index in [2.05, 4.69) is 36.7 Å². The van der Waals surface area contributed by atoms with Crippen LogP contribution in [0, 0.1) is 11.3 Å². The quantitative estimate of drug-likeness (QED) is 0.0797. The molecule has 0 bridgehead atoms. The Morgan fingerprint density at radius 2 is 1.73 bits per heavy atom. The van der Waals surface area contributed by atoms with Gasteiger partial charge in [-0.1, -0.05) is 80.4 Å². The highest BCUT2D eigenvalue weighted by atomic mass is 35.5. The van der Waals surface area contributed by atoms with E-state index in [0.29, 0.717) is 38.3 Å². The van der Waals surface area contributed by atoms with E-state index in [4.69, 9.17) is 27.9 Å². The molecule has 1 unspecified atom stereocenters. The minimum Gasteiger partial charge on any atom is -0.462 e. The molecule has 1 aliphatic rings. The number of benzene rings is 3. The van der Waals surface area contributed by atoms with Crippen molar-refractivity contribution in [2.45, 2.75) is 51.9 Å². The lowest BCUT2D eigenvalue weighted by molar-refractivity contribution is -0.114. The standard InChI is InChI=1S/C39H39Cl2N3O5S2/c1-5-49-38(48)33-28-18-17-25(39(2,3)4)20-31(28)51-37(33)44-32(45)22-50-27-15-10-14-26(21-27)42-36(47)30(19-24-13-9-16-29(40)34(24)41)43-35(46)23-11-7-6-8-12-23/h6-16,19,21,25H,5,17-18,20,22H2,1-4H3,(H,42,47)(H,43,46)(H,44,45)/b30-19+. The topological polar surface area (TPSA) is 114 Å².